The van der Waals surface area contributed by atoms with Gasteiger partial charge in [0.25, 0.3) is 5.91 Å². The van der Waals surface area contributed by atoms with Crippen molar-refractivity contribution in [1.82, 2.24) is 14.6 Å². The summed E-state index contributed by atoms with van der Waals surface area (Å²) in [6.07, 6.45) is 3.06. The van der Waals surface area contributed by atoms with Crippen molar-refractivity contribution >= 4 is 15.9 Å². The van der Waals surface area contributed by atoms with Gasteiger partial charge in [0, 0.05) is 25.8 Å². The first kappa shape index (κ1) is 14.0. The normalized spacial score (nSPS) is 16.7. The van der Waals surface area contributed by atoms with E-state index in [4.69, 9.17) is 5.11 Å². The highest BCUT2D eigenvalue weighted by atomic mass is 32.2. The van der Waals surface area contributed by atoms with Crippen LogP contribution in [0.5, 0.6) is 0 Å². The molecule has 0 aliphatic carbocycles. The van der Waals surface area contributed by atoms with Crippen LogP contribution in [0.25, 0.3) is 0 Å². The summed E-state index contributed by atoms with van der Waals surface area (Å²) in [6, 6.07) is 1.32. The van der Waals surface area contributed by atoms with Crippen LogP contribution in [0, 0.1) is 0 Å². The van der Waals surface area contributed by atoms with Crippen LogP contribution in [0.3, 0.4) is 0 Å². The van der Waals surface area contributed by atoms with E-state index in [2.05, 4.69) is 10.3 Å². The third kappa shape index (κ3) is 2.96. The number of hydrogen-bond donors (Lipinski definition) is 3. The Hall–Kier alpha value is -1.38. The van der Waals surface area contributed by atoms with Crippen LogP contribution in [0.4, 0.5) is 0 Å². The third-order valence-corrected chi connectivity index (χ3v) is 4.88. The lowest BCUT2D eigenvalue weighted by atomic mass is 10.4. The second-order valence-corrected chi connectivity index (χ2v) is 6.28. The summed E-state index contributed by atoms with van der Waals surface area (Å²) in [5, 5.41) is 11.1. The molecule has 0 unspecified atom stereocenters. The minimum atomic E-state index is -3.50. The highest BCUT2D eigenvalue weighted by Gasteiger charge is 2.28. The molecule has 8 heteroatoms. The van der Waals surface area contributed by atoms with E-state index < -0.39 is 15.9 Å². The summed E-state index contributed by atoms with van der Waals surface area (Å²) in [5.74, 6) is -0.433. The average molecular weight is 287 g/mol. The highest BCUT2D eigenvalue weighted by molar-refractivity contribution is 7.89. The number of nitrogens with one attached hydrogen (secondary N) is 2. The van der Waals surface area contributed by atoms with Gasteiger partial charge in [-0.2, -0.15) is 4.31 Å². The molecule has 1 saturated heterocycles. The molecular formula is C11H17N3O4S. The van der Waals surface area contributed by atoms with Gasteiger partial charge in [-0.05, 0) is 18.9 Å². The molecule has 106 valence electrons. The molecule has 0 saturated carbocycles. The van der Waals surface area contributed by atoms with Crippen molar-refractivity contribution in [1.29, 1.82) is 0 Å². The van der Waals surface area contributed by atoms with Gasteiger partial charge in [-0.25, -0.2) is 8.42 Å². The van der Waals surface area contributed by atoms with Crippen LogP contribution in [-0.2, 0) is 10.0 Å². The summed E-state index contributed by atoms with van der Waals surface area (Å²) in [4.78, 5) is 14.3. The molecule has 1 amide bonds. The van der Waals surface area contributed by atoms with E-state index in [0.29, 0.717) is 13.1 Å². The maximum Gasteiger partial charge on any atom is 0.267 e. The molecule has 0 radical (unpaired) electrons. The molecule has 1 fully saturated rings. The van der Waals surface area contributed by atoms with Crippen molar-refractivity contribution in [2.75, 3.05) is 26.2 Å². The number of nitrogens with zero attached hydrogens (tertiary/aromatic N) is 1. The van der Waals surface area contributed by atoms with E-state index in [1.165, 1.54) is 16.6 Å². The first-order valence-electron chi connectivity index (χ1n) is 6.13. The molecule has 2 heterocycles. The monoisotopic (exact) mass is 287 g/mol. The smallest absolute Gasteiger partial charge is 0.267 e. The van der Waals surface area contributed by atoms with E-state index >= 15 is 0 Å². The Morgan fingerprint density at radius 2 is 2.11 bits per heavy atom. The predicted octanol–water partition coefficient (Wildman–Crippen LogP) is -0.479. The second-order valence-electron chi connectivity index (χ2n) is 4.34. The van der Waals surface area contributed by atoms with Crippen molar-refractivity contribution in [2.24, 2.45) is 0 Å². The number of sulfonamides is 1. The van der Waals surface area contributed by atoms with Crippen molar-refractivity contribution < 1.29 is 18.3 Å². The molecule has 0 spiro atoms. The number of aromatic amines is 1. The predicted molar refractivity (Wildman–Crippen MR) is 68.2 cm³/mol. The van der Waals surface area contributed by atoms with Gasteiger partial charge in [0.15, 0.2) is 0 Å². The van der Waals surface area contributed by atoms with Gasteiger partial charge in [0.05, 0.1) is 6.61 Å². The number of aliphatic hydroxyl groups excluding tert-OH is 1. The maximum atomic E-state index is 12.2. The van der Waals surface area contributed by atoms with E-state index in [1.807, 2.05) is 0 Å². The first-order valence-corrected chi connectivity index (χ1v) is 7.57. The van der Waals surface area contributed by atoms with Crippen molar-refractivity contribution in [3.05, 3.63) is 18.0 Å². The minimum absolute atomic E-state index is 0.101. The van der Waals surface area contributed by atoms with Crippen molar-refractivity contribution in [3.8, 4) is 0 Å². The summed E-state index contributed by atoms with van der Waals surface area (Å²) in [7, 11) is -3.50. The van der Waals surface area contributed by atoms with Crippen molar-refractivity contribution in [2.45, 2.75) is 17.7 Å². The summed E-state index contributed by atoms with van der Waals surface area (Å²) in [5.41, 5.74) is 0.172. The Morgan fingerprint density at radius 1 is 1.42 bits per heavy atom. The molecule has 19 heavy (non-hydrogen) atoms. The Balaban J connectivity index is 2.14. The summed E-state index contributed by atoms with van der Waals surface area (Å²) >= 11 is 0. The molecule has 1 aliphatic rings. The van der Waals surface area contributed by atoms with Crippen LogP contribution in [-0.4, -0.2) is 55.0 Å². The number of aliphatic hydroxyl groups is 1. The lowest BCUT2D eigenvalue weighted by Gasteiger charge is -2.13. The molecular weight excluding hydrogens is 270 g/mol. The number of carbonyl (C=O) groups is 1. The van der Waals surface area contributed by atoms with Crippen LogP contribution < -0.4 is 5.32 Å². The number of hydrogen-bond acceptors (Lipinski definition) is 4. The Bertz CT molecular complexity index is 546. The fourth-order valence-corrected chi connectivity index (χ4v) is 3.51. The SMILES string of the molecule is O=C(NCCO)c1cc(S(=O)(=O)N2CCCC2)c[nH]1. The van der Waals surface area contributed by atoms with Gasteiger partial charge in [-0.3, -0.25) is 4.79 Å². The molecule has 1 aromatic rings. The zero-order valence-electron chi connectivity index (χ0n) is 10.4. The van der Waals surface area contributed by atoms with Gasteiger partial charge >= 0.3 is 0 Å². The highest BCUT2D eigenvalue weighted by Crippen LogP contribution is 2.21. The quantitative estimate of drug-likeness (QED) is 0.680. The second kappa shape index (κ2) is 5.72. The molecule has 0 aromatic carbocycles. The van der Waals surface area contributed by atoms with E-state index in [9.17, 15) is 13.2 Å². The Kier molecular flexibility index (Phi) is 4.23. The van der Waals surface area contributed by atoms with Crippen LogP contribution in [0.1, 0.15) is 23.3 Å². The third-order valence-electron chi connectivity index (χ3n) is 3.00. The number of carbonyl (C=O) groups excluding carboxylic acids is 1. The number of aromatic nitrogens is 1. The van der Waals surface area contributed by atoms with Crippen molar-refractivity contribution in [3.63, 3.8) is 0 Å². The van der Waals surface area contributed by atoms with E-state index in [-0.39, 0.29) is 23.7 Å². The zero-order valence-corrected chi connectivity index (χ0v) is 11.2. The van der Waals surface area contributed by atoms with Gasteiger partial charge in [0.2, 0.25) is 10.0 Å². The summed E-state index contributed by atoms with van der Waals surface area (Å²) < 4.78 is 25.9. The lowest BCUT2D eigenvalue weighted by Crippen LogP contribution is -2.28. The van der Waals surface area contributed by atoms with E-state index in [0.717, 1.165) is 12.8 Å². The fourth-order valence-electron chi connectivity index (χ4n) is 2.00. The molecule has 0 bridgehead atoms. The maximum absolute atomic E-state index is 12.2. The molecule has 3 N–H and O–H groups in total. The fraction of sp³-hybridized carbons (Fsp3) is 0.545. The lowest BCUT2D eigenvalue weighted by molar-refractivity contribution is 0.0940. The van der Waals surface area contributed by atoms with Gasteiger partial charge < -0.3 is 15.4 Å². The molecule has 2 rings (SSSR count). The van der Waals surface area contributed by atoms with Crippen LogP contribution in [0.15, 0.2) is 17.2 Å². The van der Waals surface area contributed by atoms with Gasteiger partial charge in [0.1, 0.15) is 10.6 Å². The number of amides is 1. The number of H-pyrrole nitrogens is 1. The standard InChI is InChI=1S/C11H17N3O4S/c15-6-3-12-11(16)10-7-9(8-13-10)19(17,18)14-4-1-2-5-14/h7-8,13,15H,1-6H2,(H,12,16). The topological polar surface area (TPSA) is 102 Å². The largest absolute Gasteiger partial charge is 0.395 e. The molecule has 1 aliphatic heterocycles. The molecule has 0 atom stereocenters. The Morgan fingerprint density at radius 3 is 2.74 bits per heavy atom. The average Bonchev–Trinajstić information content (AvgIpc) is 3.05. The zero-order chi connectivity index (χ0) is 13.9. The first-order chi connectivity index (χ1) is 9.05. The number of rotatable bonds is 5. The van der Waals surface area contributed by atoms with Crippen LogP contribution >= 0.6 is 0 Å². The van der Waals surface area contributed by atoms with Crippen LogP contribution in [0.2, 0.25) is 0 Å². The van der Waals surface area contributed by atoms with E-state index in [1.54, 1.807) is 0 Å². The van der Waals surface area contributed by atoms with Gasteiger partial charge in [-0.1, -0.05) is 0 Å². The summed E-state index contributed by atoms with van der Waals surface area (Å²) in [6.45, 7) is 1.02. The molecule has 1 aromatic heterocycles. The van der Waals surface area contributed by atoms with Gasteiger partial charge in [-0.15, -0.1) is 0 Å². The molecule has 7 nitrogen and oxygen atoms in total. The minimum Gasteiger partial charge on any atom is -0.395 e. The Labute approximate surface area is 111 Å².